The van der Waals surface area contributed by atoms with Crippen LogP contribution in [0.2, 0.25) is 0 Å². The largest absolute Gasteiger partial charge is 0.314 e. The molecule has 18 heavy (non-hydrogen) atoms. The van der Waals surface area contributed by atoms with Crippen LogP contribution in [0.4, 0.5) is 0 Å². The first kappa shape index (κ1) is 14.1. The molecule has 1 aromatic rings. The highest BCUT2D eigenvalue weighted by molar-refractivity contribution is 9.10. The number of hydrogen-bond acceptors (Lipinski definition) is 1. The summed E-state index contributed by atoms with van der Waals surface area (Å²) in [7, 11) is 0. The van der Waals surface area contributed by atoms with Crippen molar-refractivity contribution in [1.82, 2.24) is 5.32 Å². The van der Waals surface area contributed by atoms with Crippen LogP contribution in [0.5, 0.6) is 0 Å². The maximum Gasteiger partial charge on any atom is 0.0178 e. The first-order valence-corrected chi connectivity index (χ1v) is 7.91. The van der Waals surface area contributed by atoms with E-state index in [9.17, 15) is 0 Å². The van der Waals surface area contributed by atoms with Gasteiger partial charge in [0.15, 0.2) is 0 Å². The van der Waals surface area contributed by atoms with E-state index < -0.39 is 0 Å². The third kappa shape index (κ3) is 3.16. The van der Waals surface area contributed by atoms with Gasteiger partial charge < -0.3 is 5.32 Å². The molecule has 0 amide bonds. The lowest BCUT2D eigenvalue weighted by atomic mass is 9.77. The van der Waals surface area contributed by atoms with E-state index >= 15 is 0 Å². The highest BCUT2D eigenvalue weighted by Gasteiger charge is 2.27. The van der Waals surface area contributed by atoms with Gasteiger partial charge in [0.05, 0.1) is 0 Å². The minimum absolute atomic E-state index is 0.659. The average Bonchev–Trinajstić information content (AvgIpc) is 2.35. The molecule has 1 aromatic carbocycles. The molecule has 0 radical (unpaired) electrons. The van der Waals surface area contributed by atoms with E-state index in [0.717, 1.165) is 12.5 Å². The second-order valence-corrected chi connectivity index (χ2v) is 6.66. The lowest BCUT2D eigenvalue weighted by Crippen LogP contribution is -2.42. The fourth-order valence-corrected chi connectivity index (χ4v) is 3.65. The van der Waals surface area contributed by atoms with Crippen molar-refractivity contribution in [2.45, 2.75) is 46.1 Å². The van der Waals surface area contributed by atoms with Crippen molar-refractivity contribution in [1.29, 1.82) is 0 Å². The maximum absolute atomic E-state index is 3.68. The fraction of sp³-hybridized carbons (Fsp3) is 0.625. The molecule has 0 heterocycles. The Morgan fingerprint density at radius 1 is 1.33 bits per heavy atom. The van der Waals surface area contributed by atoms with Gasteiger partial charge in [-0.15, -0.1) is 0 Å². The Kier molecular flexibility index (Phi) is 4.85. The number of hydrogen-bond donors (Lipinski definition) is 1. The fourth-order valence-electron chi connectivity index (χ4n) is 3.24. The van der Waals surface area contributed by atoms with Crippen LogP contribution in [-0.2, 0) is 12.8 Å². The molecule has 2 atom stereocenters. The Morgan fingerprint density at radius 3 is 2.78 bits per heavy atom. The molecule has 0 aliphatic heterocycles. The van der Waals surface area contributed by atoms with Crippen molar-refractivity contribution in [3.8, 4) is 0 Å². The summed E-state index contributed by atoms with van der Waals surface area (Å²) in [5.41, 5.74) is 3.10. The molecule has 0 saturated carbocycles. The Hall–Kier alpha value is -0.340. The molecule has 0 saturated heterocycles. The third-order valence-corrected chi connectivity index (χ3v) is 4.59. The van der Waals surface area contributed by atoms with Crippen LogP contribution in [0.1, 0.15) is 38.3 Å². The Morgan fingerprint density at radius 2 is 2.11 bits per heavy atom. The average molecular weight is 310 g/mol. The van der Waals surface area contributed by atoms with Gasteiger partial charge in [0, 0.05) is 10.5 Å². The molecule has 1 aliphatic carbocycles. The molecule has 2 heteroatoms. The van der Waals surface area contributed by atoms with Gasteiger partial charge >= 0.3 is 0 Å². The number of fused-ring (bicyclic) bond motifs is 1. The smallest absolute Gasteiger partial charge is 0.0178 e. The van der Waals surface area contributed by atoms with Crippen molar-refractivity contribution in [2.75, 3.05) is 6.54 Å². The van der Waals surface area contributed by atoms with E-state index in [4.69, 9.17) is 0 Å². The van der Waals surface area contributed by atoms with Gasteiger partial charge in [-0.1, -0.05) is 42.8 Å². The molecule has 0 spiro atoms. The molecule has 1 nitrogen and oxygen atoms in total. The van der Waals surface area contributed by atoms with E-state index in [0.29, 0.717) is 12.0 Å². The van der Waals surface area contributed by atoms with Gasteiger partial charge in [0.2, 0.25) is 0 Å². The van der Waals surface area contributed by atoms with Gasteiger partial charge in [-0.3, -0.25) is 0 Å². The molecule has 0 bridgehead atoms. The summed E-state index contributed by atoms with van der Waals surface area (Å²) >= 11 is 3.57. The molecule has 0 aromatic heterocycles. The third-order valence-electron chi connectivity index (χ3n) is 4.10. The predicted molar refractivity (Wildman–Crippen MR) is 82.0 cm³/mol. The second kappa shape index (κ2) is 6.21. The standard InChI is InChI=1S/C16H24BrN/c1-4-18-16(11(2)3)14-6-5-13-10-15(17)8-7-12(13)9-14/h7-8,10-11,14,16,18H,4-6,9H2,1-3H3. The first-order chi connectivity index (χ1) is 8.61. The van der Waals surface area contributed by atoms with E-state index in [2.05, 4.69) is 60.2 Å². The van der Waals surface area contributed by atoms with Crippen molar-refractivity contribution in [3.05, 3.63) is 33.8 Å². The molecular formula is C16H24BrN. The van der Waals surface area contributed by atoms with Gasteiger partial charge in [0.25, 0.3) is 0 Å². The summed E-state index contributed by atoms with van der Waals surface area (Å²) < 4.78 is 1.21. The van der Waals surface area contributed by atoms with Gasteiger partial charge in [-0.25, -0.2) is 0 Å². The quantitative estimate of drug-likeness (QED) is 0.879. The highest BCUT2D eigenvalue weighted by Crippen LogP contribution is 2.31. The predicted octanol–water partition coefficient (Wildman–Crippen LogP) is 4.19. The molecule has 1 N–H and O–H groups in total. The summed E-state index contributed by atoms with van der Waals surface area (Å²) in [5.74, 6) is 1.51. The summed E-state index contributed by atoms with van der Waals surface area (Å²) in [4.78, 5) is 0. The van der Waals surface area contributed by atoms with Crippen LogP contribution in [0.3, 0.4) is 0 Å². The molecule has 100 valence electrons. The lowest BCUT2D eigenvalue weighted by Gasteiger charge is -2.34. The van der Waals surface area contributed by atoms with Gasteiger partial charge in [0.1, 0.15) is 0 Å². The zero-order valence-corrected chi connectivity index (χ0v) is 13.3. The second-order valence-electron chi connectivity index (χ2n) is 5.74. The van der Waals surface area contributed by atoms with Gasteiger partial charge in [-0.2, -0.15) is 0 Å². The lowest BCUT2D eigenvalue weighted by molar-refractivity contribution is 0.263. The van der Waals surface area contributed by atoms with Crippen molar-refractivity contribution < 1.29 is 0 Å². The van der Waals surface area contributed by atoms with Crippen molar-refractivity contribution in [2.24, 2.45) is 11.8 Å². The topological polar surface area (TPSA) is 12.0 Å². The monoisotopic (exact) mass is 309 g/mol. The zero-order chi connectivity index (χ0) is 13.1. The van der Waals surface area contributed by atoms with Crippen LogP contribution in [0, 0.1) is 11.8 Å². The SMILES string of the molecule is CCNC(C(C)C)C1CCc2cc(Br)ccc2C1. The normalized spacial score (nSPS) is 20.8. The van der Waals surface area contributed by atoms with Crippen LogP contribution in [-0.4, -0.2) is 12.6 Å². The molecule has 2 unspecified atom stereocenters. The number of aryl methyl sites for hydroxylation is 1. The van der Waals surface area contributed by atoms with Crippen molar-refractivity contribution in [3.63, 3.8) is 0 Å². The summed E-state index contributed by atoms with van der Waals surface area (Å²) in [6.45, 7) is 7.96. The highest BCUT2D eigenvalue weighted by atomic mass is 79.9. The van der Waals surface area contributed by atoms with Crippen molar-refractivity contribution >= 4 is 15.9 Å². The maximum atomic E-state index is 3.68. The number of halogens is 1. The van der Waals surface area contributed by atoms with Crippen LogP contribution in [0.15, 0.2) is 22.7 Å². The number of nitrogens with one attached hydrogen (secondary N) is 1. The molecule has 0 fully saturated rings. The van der Waals surface area contributed by atoms with E-state index in [1.165, 1.54) is 23.7 Å². The first-order valence-electron chi connectivity index (χ1n) is 7.12. The van der Waals surface area contributed by atoms with E-state index in [1.807, 2.05) is 0 Å². The Labute approximate surface area is 119 Å². The number of benzene rings is 1. The minimum atomic E-state index is 0.659. The van der Waals surface area contributed by atoms with E-state index in [-0.39, 0.29) is 0 Å². The van der Waals surface area contributed by atoms with Gasteiger partial charge in [-0.05, 0) is 60.9 Å². The molecule has 2 rings (SSSR count). The Bertz CT molecular complexity index is 400. The molecule has 1 aliphatic rings. The van der Waals surface area contributed by atoms with E-state index in [1.54, 1.807) is 11.1 Å². The summed E-state index contributed by atoms with van der Waals surface area (Å²) in [5, 5.41) is 3.68. The van der Waals surface area contributed by atoms with Crippen LogP contribution < -0.4 is 5.32 Å². The zero-order valence-electron chi connectivity index (χ0n) is 11.7. The minimum Gasteiger partial charge on any atom is -0.314 e. The molecular weight excluding hydrogens is 286 g/mol. The Balaban J connectivity index is 2.13. The number of rotatable bonds is 4. The van der Waals surface area contributed by atoms with Crippen LogP contribution >= 0.6 is 15.9 Å². The summed E-state index contributed by atoms with van der Waals surface area (Å²) in [6.07, 6.45) is 3.78. The summed E-state index contributed by atoms with van der Waals surface area (Å²) in [6, 6.07) is 7.43. The van der Waals surface area contributed by atoms with Crippen LogP contribution in [0.25, 0.3) is 0 Å².